The van der Waals surface area contributed by atoms with Crippen LogP contribution < -0.4 is 15.8 Å². The van der Waals surface area contributed by atoms with E-state index in [0.717, 1.165) is 28.8 Å². The van der Waals surface area contributed by atoms with Crippen LogP contribution in [0.5, 0.6) is 5.75 Å². The van der Waals surface area contributed by atoms with Gasteiger partial charge in [0.2, 0.25) is 0 Å². The number of hydrogen-bond acceptors (Lipinski definition) is 4. The maximum absolute atomic E-state index is 10.00. The van der Waals surface area contributed by atoms with Gasteiger partial charge in [-0.05, 0) is 38.9 Å². The van der Waals surface area contributed by atoms with Crippen molar-refractivity contribution in [2.45, 2.75) is 32.4 Å². The molecule has 5 heteroatoms. The minimum Gasteiger partial charge on any atom is -0.488 e. The number of rotatable bonds is 8. The quantitative estimate of drug-likeness (QED) is 0.594. The first-order valence-electron chi connectivity index (χ1n) is 7.43. The highest BCUT2D eigenvalue weighted by Gasteiger charge is 2.12. The van der Waals surface area contributed by atoms with Crippen LogP contribution in [0, 0.1) is 6.92 Å². The Morgan fingerprint density at radius 3 is 2.90 bits per heavy atom. The number of H-pyrrole nitrogens is 1. The van der Waals surface area contributed by atoms with Gasteiger partial charge in [0.1, 0.15) is 18.5 Å². The van der Waals surface area contributed by atoms with Gasteiger partial charge in [-0.2, -0.15) is 0 Å². The minimum absolute atomic E-state index is 0.269. The summed E-state index contributed by atoms with van der Waals surface area (Å²) in [6.45, 7) is 5.45. The molecule has 0 bridgehead atoms. The first-order valence-corrected chi connectivity index (χ1v) is 7.43. The van der Waals surface area contributed by atoms with Crippen LogP contribution in [0.3, 0.4) is 0 Å². The summed E-state index contributed by atoms with van der Waals surface area (Å²) in [5, 5.41) is 14.3. The van der Waals surface area contributed by atoms with E-state index in [-0.39, 0.29) is 6.61 Å². The first-order chi connectivity index (χ1) is 10.1. The first kappa shape index (κ1) is 15.8. The van der Waals surface area contributed by atoms with E-state index in [1.165, 1.54) is 0 Å². The van der Waals surface area contributed by atoms with Gasteiger partial charge in [0, 0.05) is 23.5 Å². The molecule has 1 aromatic carbocycles. The fraction of sp³-hybridized carbons (Fsp3) is 0.500. The lowest BCUT2D eigenvalue weighted by atomic mass is 10.2. The minimum atomic E-state index is -0.543. The number of hydrogen-bond donors (Lipinski definition) is 4. The Bertz CT molecular complexity index is 568. The number of aromatic amines is 1. The summed E-state index contributed by atoms with van der Waals surface area (Å²) in [4.78, 5) is 3.28. The van der Waals surface area contributed by atoms with Crippen molar-refractivity contribution in [1.29, 1.82) is 0 Å². The predicted octanol–water partition coefficient (Wildman–Crippen LogP) is 1.54. The van der Waals surface area contributed by atoms with E-state index >= 15 is 0 Å². The van der Waals surface area contributed by atoms with Gasteiger partial charge >= 0.3 is 0 Å². The van der Waals surface area contributed by atoms with Crippen molar-refractivity contribution < 1.29 is 9.84 Å². The summed E-state index contributed by atoms with van der Waals surface area (Å²) in [6, 6.07) is 8.30. The number of nitrogens with one attached hydrogen (secondary N) is 2. The van der Waals surface area contributed by atoms with Gasteiger partial charge in [-0.25, -0.2) is 0 Å². The Balaban J connectivity index is 1.88. The third kappa shape index (κ3) is 4.20. The molecule has 0 saturated heterocycles. The zero-order valence-corrected chi connectivity index (χ0v) is 12.7. The van der Waals surface area contributed by atoms with Gasteiger partial charge in [0.15, 0.2) is 0 Å². The van der Waals surface area contributed by atoms with Crippen molar-refractivity contribution in [3.63, 3.8) is 0 Å². The smallest absolute Gasteiger partial charge is 0.147 e. The molecule has 0 aliphatic heterocycles. The lowest BCUT2D eigenvalue weighted by Crippen LogP contribution is -2.37. The fourth-order valence-corrected chi connectivity index (χ4v) is 2.36. The van der Waals surface area contributed by atoms with E-state index in [9.17, 15) is 5.11 Å². The maximum atomic E-state index is 10.00. The van der Waals surface area contributed by atoms with Gasteiger partial charge in [-0.1, -0.05) is 12.1 Å². The molecule has 0 aliphatic carbocycles. The normalized spacial score (nSPS) is 14.3. The van der Waals surface area contributed by atoms with Gasteiger partial charge in [0.25, 0.3) is 0 Å². The Kier molecular flexibility index (Phi) is 5.61. The molecule has 0 saturated carbocycles. The average Bonchev–Trinajstić information content (AvgIpc) is 2.79. The van der Waals surface area contributed by atoms with Crippen LogP contribution in [0.15, 0.2) is 24.3 Å². The molecule has 1 aromatic heterocycles. The highest BCUT2D eigenvalue weighted by molar-refractivity contribution is 5.87. The molecule has 5 N–H and O–H groups in total. The second-order valence-electron chi connectivity index (χ2n) is 5.48. The second-order valence-corrected chi connectivity index (χ2v) is 5.48. The molecule has 2 rings (SSSR count). The standard InChI is InChI=1S/C16H25N3O2/c1-11(7-8-17)18-9-13(20)10-21-16-12(2)19-15-6-4-3-5-14(15)16/h3-6,11,13,18-20H,7-10,17H2,1-2H3. The highest BCUT2D eigenvalue weighted by atomic mass is 16.5. The SMILES string of the molecule is Cc1[nH]c2ccccc2c1OCC(O)CNC(C)CCN. The molecular formula is C16H25N3O2. The number of ether oxygens (including phenoxy) is 1. The number of para-hydroxylation sites is 1. The number of aliphatic hydroxyl groups excluding tert-OH is 1. The predicted molar refractivity (Wildman–Crippen MR) is 85.7 cm³/mol. The fourth-order valence-electron chi connectivity index (χ4n) is 2.36. The van der Waals surface area contributed by atoms with Crippen molar-refractivity contribution >= 4 is 10.9 Å². The Hall–Kier alpha value is -1.56. The van der Waals surface area contributed by atoms with Crippen LogP contribution in [0.2, 0.25) is 0 Å². The van der Waals surface area contributed by atoms with Gasteiger partial charge < -0.3 is 25.9 Å². The van der Waals surface area contributed by atoms with Crippen LogP contribution in [-0.2, 0) is 0 Å². The average molecular weight is 291 g/mol. The Morgan fingerprint density at radius 1 is 1.38 bits per heavy atom. The van der Waals surface area contributed by atoms with Crippen molar-refractivity contribution in [2.24, 2.45) is 5.73 Å². The summed E-state index contributed by atoms with van der Waals surface area (Å²) in [5.74, 6) is 0.819. The number of aromatic nitrogens is 1. The number of aryl methyl sites for hydroxylation is 1. The molecule has 0 spiro atoms. The molecule has 5 nitrogen and oxygen atoms in total. The molecular weight excluding hydrogens is 266 g/mol. The zero-order chi connectivity index (χ0) is 15.2. The molecule has 0 fully saturated rings. The topological polar surface area (TPSA) is 83.3 Å². The van der Waals surface area contributed by atoms with E-state index in [1.54, 1.807) is 0 Å². The van der Waals surface area contributed by atoms with Gasteiger partial charge in [0.05, 0.1) is 5.69 Å². The summed E-state index contributed by atoms with van der Waals surface area (Å²) in [7, 11) is 0. The van der Waals surface area contributed by atoms with Crippen LogP contribution in [0.1, 0.15) is 19.0 Å². The number of benzene rings is 1. The van der Waals surface area contributed by atoms with Gasteiger partial charge in [-0.3, -0.25) is 0 Å². The van der Waals surface area contributed by atoms with E-state index in [0.29, 0.717) is 19.1 Å². The van der Waals surface area contributed by atoms with Gasteiger partial charge in [-0.15, -0.1) is 0 Å². The Labute approximate surface area is 125 Å². The molecule has 116 valence electrons. The maximum Gasteiger partial charge on any atom is 0.147 e. The summed E-state index contributed by atoms with van der Waals surface area (Å²) in [5.41, 5.74) is 7.53. The van der Waals surface area contributed by atoms with E-state index in [1.807, 2.05) is 31.2 Å². The lowest BCUT2D eigenvalue weighted by Gasteiger charge is -2.17. The van der Waals surface area contributed by atoms with Crippen LogP contribution >= 0.6 is 0 Å². The molecule has 0 aliphatic rings. The summed E-state index contributed by atoms with van der Waals surface area (Å²) >= 11 is 0. The number of nitrogens with two attached hydrogens (primary N) is 1. The van der Waals surface area contributed by atoms with E-state index in [2.05, 4.69) is 17.2 Å². The molecule has 2 aromatic rings. The van der Waals surface area contributed by atoms with Crippen LogP contribution in [0.4, 0.5) is 0 Å². The van der Waals surface area contributed by atoms with Crippen molar-refractivity contribution in [1.82, 2.24) is 10.3 Å². The monoisotopic (exact) mass is 291 g/mol. The van der Waals surface area contributed by atoms with Crippen LogP contribution in [0.25, 0.3) is 10.9 Å². The zero-order valence-electron chi connectivity index (χ0n) is 12.7. The lowest BCUT2D eigenvalue weighted by molar-refractivity contribution is 0.104. The second kappa shape index (κ2) is 7.45. The van der Waals surface area contributed by atoms with E-state index < -0.39 is 6.10 Å². The molecule has 0 radical (unpaired) electrons. The molecule has 0 amide bonds. The van der Waals surface area contributed by atoms with Crippen LogP contribution in [-0.4, -0.2) is 41.9 Å². The molecule has 2 unspecified atom stereocenters. The molecule has 21 heavy (non-hydrogen) atoms. The number of fused-ring (bicyclic) bond motifs is 1. The third-order valence-corrected chi connectivity index (χ3v) is 3.56. The molecule has 2 atom stereocenters. The molecule has 1 heterocycles. The van der Waals surface area contributed by atoms with Crippen molar-refractivity contribution in [2.75, 3.05) is 19.7 Å². The summed E-state index contributed by atoms with van der Waals surface area (Å²) < 4.78 is 5.80. The van der Waals surface area contributed by atoms with E-state index in [4.69, 9.17) is 10.5 Å². The third-order valence-electron chi connectivity index (χ3n) is 3.56. The Morgan fingerprint density at radius 2 is 2.14 bits per heavy atom. The highest BCUT2D eigenvalue weighted by Crippen LogP contribution is 2.29. The number of aliphatic hydroxyl groups is 1. The van der Waals surface area contributed by atoms with Crippen molar-refractivity contribution in [3.8, 4) is 5.75 Å². The largest absolute Gasteiger partial charge is 0.488 e. The summed E-state index contributed by atoms with van der Waals surface area (Å²) in [6.07, 6.45) is 0.355. The van der Waals surface area contributed by atoms with Crippen molar-refractivity contribution in [3.05, 3.63) is 30.0 Å².